The van der Waals surface area contributed by atoms with E-state index in [-0.39, 0.29) is 65.9 Å². The lowest BCUT2D eigenvalue weighted by Crippen LogP contribution is -2.48. The topological polar surface area (TPSA) is 54.8 Å². The summed E-state index contributed by atoms with van der Waals surface area (Å²) < 4.78 is 143. The highest BCUT2D eigenvalue weighted by Crippen LogP contribution is 2.32. The van der Waals surface area contributed by atoms with Gasteiger partial charge in [-0.3, -0.25) is 9.59 Å². The molecule has 2 heterocycles. The van der Waals surface area contributed by atoms with Crippen LogP contribution < -0.4 is 5.43 Å². The summed E-state index contributed by atoms with van der Waals surface area (Å²) in [6.07, 6.45) is -4.19. The van der Waals surface area contributed by atoms with Gasteiger partial charge < -0.3 is 19.1 Å². The molecule has 0 unspecified atom stereocenters. The zero-order valence-corrected chi connectivity index (χ0v) is 29.6. The number of hydrogen-bond acceptors (Lipinski definition) is 5. The predicted molar refractivity (Wildman–Crippen MR) is 198 cm³/mol. The number of nitrogens with zero attached hydrogens (tertiary/aromatic N) is 3. The van der Waals surface area contributed by atoms with Crippen molar-refractivity contribution in [2.75, 3.05) is 33.3 Å². The second-order valence-electron chi connectivity index (χ2n) is 12.5. The number of benzene rings is 4. The summed E-state index contributed by atoms with van der Waals surface area (Å²) in [4.78, 5) is 31.4. The van der Waals surface area contributed by atoms with Gasteiger partial charge in [-0.15, -0.1) is 11.8 Å². The molecule has 1 aromatic heterocycles. The minimum atomic E-state index is -4.51. The molecule has 5 aromatic rings. The van der Waals surface area contributed by atoms with E-state index in [9.17, 15) is 31.5 Å². The summed E-state index contributed by atoms with van der Waals surface area (Å²) in [5.41, 5.74) is -0.399. The number of rotatable bonds is 12. The number of alkyl halides is 3. The molecule has 0 atom stereocenters. The Morgan fingerprint density at radius 2 is 1.68 bits per heavy atom. The molecule has 0 bridgehead atoms. The van der Waals surface area contributed by atoms with Crippen molar-refractivity contribution in [3.63, 3.8) is 0 Å². The van der Waals surface area contributed by atoms with Gasteiger partial charge in [-0.1, -0.05) is 54.6 Å². The van der Waals surface area contributed by atoms with Crippen LogP contribution in [0.25, 0.3) is 22.0 Å². The van der Waals surface area contributed by atoms with Crippen molar-refractivity contribution in [3.05, 3.63) is 135 Å². The van der Waals surface area contributed by atoms with E-state index < -0.39 is 83.9 Å². The van der Waals surface area contributed by atoms with Crippen LogP contribution >= 0.6 is 11.8 Å². The average molecular weight is 758 g/mol. The van der Waals surface area contributed by atoms with Crippen molar-refractivity contribution in [1.82, 2.24) is 14.4 Å². The van der Waals surface area contributed by atoms with Gasteiger partial charge in [0.2, 0.25) is 5.91 Å². The maximum atomic E-state index is 14.9. The van der Waals surface area contributed by atoms with Crippen LogP contribution in [0, 0.1) is 18.6 Å². The Morgan fingerprint density at radius 1 is 1.00 bits per heavy atom. The third kappa shape index (κ3) is 9.17. The van der Waals surface area contributed by atoms with E-state index in [4.69, 9.17) is 15.7 Å². The van der Waals surface area contributed by atoms with Crippen LogP contribution in [0.15, 0.2) is 101 Å². The van der Waals surface area contributed by atoms with Crippen molar-refractivity contribution in [2.24, 2.45) is 0 Å². The summed E-state index contributed by atoms with van der Waals surface area (Å²) in [5, 5.41) is -0.613. The van der Waals surface area contributed by atoms with E-state index in [0.29, 0.717) is 16.7 Å². The number of ether oxygens (including phenoxy) is 1. The Labute approximate surface area is 320 Å². The fourth-order valence-corrected chi connectivity index (χ4v) is 7.14. The van der Waals surface area contributed by atoms with Crippen LogP contribution in [0.3, 0.4) is 0 Å². The Morgan fingerprint density at radius 3 is 2.34 bits per heavy atom. The van der Waals surface area contributed by atoms with Crippen LogP contribution in [0.2, 0.25) is 0 Å². The molecule has 1 amide bonds. The maximum Gasteiger partial charge on any atom is 0.416 e. The number of hydrogen-bond donors (Lipinski definition) is 0. The van der Waals surface area contributed by atoms with Crippen LogP contribution in [0.1, 0.15) is 46.1 Å². The highest BCUT2D eigenvalue weighted by molar-refractivity contribution is 7.98. The van der Waals surface area contributed by atoms with Gasteiger partial charge >= 0.3 is 6.18 Å². The molecule has 0 radical (unpaired) electrons. The van der Waals surface area contributed by atoms with Crippen molar-refractivity contribution in [1.29, 1.82) is 0 Å². The molecule has 6 nitrogen and oxygen atoms in total. The number of thioether (sulfide) groups is 1. The molecule has 4 aromatic carbocycles. The number of aromatic nitrogens is 1. The number of methoxy groups -OCH3 is 1. The zero-order valence-electron chi connectivity index (χ0n) is 36.7. The number of fused-ring (bicyclic) bond motifs is 1. The first-order valence-corrected chi connectivity index (χ1v) is 17.6. The Balaban J connectivity index is 1.41. The van der Waals surface area contributed by atoms with Crippen molar-refractivity contribution < 1.29 is 42.4 Å². The van der Waals surface area contributed by atoms with E-state index in [1.54, 1.807) is 24.3 Å². The molecule has 6 rings (SSSR count). The second kappa shape index (κ2) is 16.7. The summed E-state index contributed by atoms with van der Waals surface area (Å²) in [6.45, 7) is -4.50. The predicted octanol–water partition coefficient (Wildman–Crippen LogP) is 8.71. The van der Waals surface area contributed by atoms with Gasteiger partial charge in [0.25, 0.3) is 0 Å². The number of pyridine rings is 1. The number of likely N-dealkylation sites (tertiary alicyclic amines) is 1. The normalized spacial score (nSPS) is 16.9. The fourth-order valence-electron chi connectivity index (χ4n) is 6.15. The third-order valence-corrected chi connectivity index (χ3v) is 10.0. The summed E-state index contributed by atoms with van der Waals surface area (Å²) in [6, 6.07) is 12.3. The molecule has 0 spiro atoms. The minimum absolute atomic E-state index is 0.000159. The standard InChI is InChI=1S/C41H40F5N3O3S/c1-27-6-15-34-36(22-27)49(39(23-37(34)50)53-26-31-4-3-5-35(42)40(31)43)25-38(51)48(33-16-18-47(19-17-33)20-21-52-2)24-28-7-9-29(10-8-28)30-11-13-32(14-12-30)41(44,45)46/h3-15,22-23,33H,16-21,24-26H2,1-2H3/i6D,15D,20D2,21D2,22D,23D. The van der Waals surface area contributed by atoms with E-state index in [1.165, 1.54) is 45.6 Å². The average Bonchev–Trinajstić information content (AvgIpc) is 3.23. The van der Waals surface area contributed by atoms with Crippen LogP contribution in [-0.4, -0.2) is 59.6 Å². The zero-order chi connectivity index (χ0) is 44.8. The molecule has 0 N–H and O–H groups in total. The first-order valence-electron chi connectivity index (χ1n) is 20.6. The molecule has 53 heavy (non-hydrogen) atoms. The molecule has 1 fully saturated rings. The van der Waals surface area contributed by atoms with Crippen molar-refractivity contribution >= 4 is 28.6 Å². The SMILES string of the molecule is [2H]c1c(C)c([2H])c2c(c1[2H])c(=O)c([2H])c(SCc1cccc(F)c1F)n2CC(=O)N(Cc1ccc(-c2ccc(C(F)(F)F)cc2)cc1)C1CCN(C([2H])([2H])C([2H])([2H])OC)CC1. The van der Waals surface area contributed by atoms with Gasteiger partial charge in [0, 0.05) is 64.8 Å². The van der Waals surface area contributed by atoms with Crippen LogP contribution in [0.5, 0.6) is 0 Å². The highest BCUT2D eigenvalue weighted by Gasteiger charge is 2.31. The third-order valence-electron chi connectivity index (χ3n) is 8.95. The number of carbonyl (C=O) groups is 1. The van der Waals surface area contributed by atoms with Gasteiger partial charge in [0.05, 0.1) is 30.9 Å². The monoisotopic (exact) mass is 757 g/mol. The molecule has 1 aliphatic heterocycles. The summed E-state index contributed by atoms with van der Waals surface area (Å²) in [5.74, 6) is -3.18. The van der Waals surface area contributed by atoms with Gasteiger partial charge in [-0.2, -0.15) is 13.2 Å². The smallest absolute Gasteiger partial charge is 0.383 e. The lowest BCUT2D eigenvalue weighted by atomic mass is 10.00. The molecule has 1 saturated heterocycles. The van der Waals surface area contributed by atoms with Crippen molar-refractivity contribution in [2.45, 2.75) is 55.9 Å². The first-order chi connectivity index (χ1) is 28.6. The lowest BCUT2D eigenvalue weighted by Gasteiger charge is -2.39. The van der Waals surface area contributed by atoms with Crippen LogP contribution in [0.4, 0.5) is 22.0 Å². The molecule has 278 valence electrons. The van der Waals surface area contributed by atoms with Gasteiger partial charge in [0.15, 0.2) is 17.1 Å². The maximum absolute atomic E-state index is 14.9. The first kappa shape index (κ1) is 28.9. The minimum Gasteiger partial charge on any atom is -0.383 e. The van der Waals surface area contributed by atoms with E-state index in [2.05, 4.69) is 0 Å². The molecule has 12 heteroatoms. The number of carbonyl (C=O) groups excluding carboxylic acids is 1. The van der Waals surface area contributed by atoms with E-state index in [1.807, 2.05) is 0 Å². The molecule has 0 aliphatic carbocycles. The van der Waals surface area contributed by atoms with Gasteiger partial charge in [-0.05, 0) is 72.3 Å². The van der Waals surface area contributed by atoms with E-state index >= 15 is 0 Å². The molecular weight excluding hydrogens is 710 g/mol. The van der Waals surface area contributed by atoms with Gasteiger partial charge in [0.1, 0.15) is 6.54 Å². The van der Waals surface area contributed by atoms with E-state index in [0.717, 1.165) is 37.1 Å². The fraction of sp³-hybridized carbons (Fsp3) is 0.317. The molecular formula is C41H40F5N3O3S. The Bertz CT molecular complexity index is 2520. The summed E-state index contributed by atoms with van der Waals surface area (Å²) in [7, 11) is 1.05. The largest absolute Gasteiger partial charge is 0.416 e. The molecule has 0 saturated carbocycles. The Hall–Kier alpha value is -4.52. The number of amides is 1. The number of halogens is 5. The van der Waals surface area contributed by atoms with Crippen molar-refractivity contribution in [3.8, 4) is 11.1 Å². The Kier molecular flexibility index (Phi) is 9.09. The summed E-state index contributed by atoms with van der Waals surface area (Å²) >= 11 is 0.754. The highest BCUT2D eigenvalue weighted by atomic mass is 32.2. The van der Waals surface area contributed by atoms with Gasteiger partial charge in [-0.25, -0.2) is 8.78 Å². The second-order valence-corrected chi connectivity index (χ2v) is 13.5. The number of piperidine rings is 1. The van der Waals surface area contributed by atoms with Crippen LogP contribution in [-0.2, 0) is 34.6 Å². The quantitative estimate of drug-likeness (QED) is 0.0942. The lowest BCUT2D eigenvalue weighted by molar-refractivity contribution is -0.137. The molecule has 1 aliphatic rings.